The number of carbonyl (C=O) groups is 1. The third-order valence-corrected chi connectivity index (χ3v) is 3.19. The first kappa shape index (κ1) is 15.3. The van der Waals surface area contributed by atoms with E-state index >= 15 is 0 Å². The van der Waals surface area contributed by atoms with Crippen LogP contribution in [0.5, 0.6) is 0 Å². The van der Waals surface area contributed by atoms with Crippen LogP contribution in [0.1, 0.15) is 52.9 Å². The van der Waals surface area contributed by atoms with Gasteiger partial charge in [-0.05, 0) is 52.4 Å². The second kappa shape index (κ2) is 6.98. The molecule has 1 heterocycles. The zero-order valence-corrected chi connectivity index (χ0v) is 11.9. The maximum atomic E-state index is 12.0. The van der Waals surface area contributed by atoms with Gasteiger partial charge in [-0.1, -0.05) is 6.42 Å². The first-order chi connectivity index (χ1) is 8.42. The predicted octanol–water partition coefficient (Wildman–Crippen LogP) is 2.80. The number of rotatable bonds is 3. The number of carbonyl (C=O) groups excluding carboxylic acids is 1. The van der Waals surface area contributed by atoms with Crippen LogP contribution in [0.3, 0.4) is 0 Å². The number of amides is 1. The SMILES string of the molecule is CC(C)(C)OC(=O)N1CCCCC(CCCO)C1. The van der Waals surface area contributed by atoms with Crippen molar-refractivity contribution in [3.8, 4) is 0 Å². The molecule has 0 aliphatic carbocycles. The Hall–Kier alpha value is -0.770. The van der Waals surface area contributed by atoms with E-state index in [0.717, 1.165) is 45.2 Å². The average Bonchev–Trinajstić information content (AvgIpc) is 2.49. The molecular weight excluding hydrogens is 230 g/mol. The van der Waals surface area contributed by atoms with Crippen LogP contribution in [-0.2, 0) is 4.74 Å². The Kier molecular flexibility index (Phi) is 5.93. The number of hydrogen-bond acceptors (Lipinski definition) is 3. The molecule has 1 unspecified atom stereocenters. The lowest BCUT2D eigenvalue weighted by molar-refractivity contribution is 0.0231. The van der Waals surface area contributed by atoms with Crippen molar-refractivity contribution in [3.63, 3.8) is 0 Å². The zero-order valence-electron chi connectivity index (χ0n) is 11.9. The van der Waals surface area contributed by atoms with Gasteiger partial charge in [0.15, 0.2) is 0 Å². The molecule has 18 heavy (non-hydrogen) atoms. The lowest BCUT2D eigenvalue weighted by Gasteiger charge is -2.28. The molecule has 4 heteroatoms. The number of hydrogen-bond donors (Lipinski definition) is 1. The van der Waals surface area contributed by atoms with Crippen molar-refractivity contribution in [3.05, 3.63) is 0 Å². The predicted molar refractivity (Wildman–Crippen MR) is 71.5 cm³/mol. The Morgan fingerprint density at radius 3 is 2.72 bits per heavy atom. The second-order valence-corrected chi connectivity index (χ2v) is 6.15. The van der Waals surface area contributed by atoms with Gasteiger partial charge in [-0.25, -0.2) is 4.79 Å². The Morgan fingerprint density at radius 2 is 2.11 bits per heavy atom. The molecular formula is C14H27NO3. The summed E-state index contributed by atoms with van der Waals surface area (Å²) in [6, 6.07) is 0. The van der Waals surface area contributed by atoms with Crippen LogP contribution in [0.2, 0.25) is 0 Å². The summed E-state index contributed by atoms with van der Waals surface area (Å²) < 4.78 is 5.42. The fourth-order valence-electron chi connectivity index (χ4n) is 2.34. The van der Waals surface area contributed by atoms with Crippen molar-refractivity contribution in [1.29, 1.82) is 0 Å². The van der Waals surface area contributed by atoms with Gasteiger partial charge in [-0.15, -0.1) is 0 Å². The van der Waals surface area contributed by atoms with Gasteiger partial charge in [-0.2, -0.15) is 0 Å². The van der Waals surface area contributed by atoms with Gasteiger partial charge >= 0.3 is 6.09 Å². The van der Waals surface area contributed by atoms with Crippen molar-refractivity contribution in [2.24, 2.45) is 5.92 Å². The topological polar surface area (TPSA) is 49.8 Å². The summed E-state index contributed by atoms with van der Waals surface area (Å²) in [7, 11) is 0. The van der Waals surface area contributed by atoms with Crippen molar-refractivity contribution in [2.45, 2.75) is 58.5 Å². The Bertz CT molecular complexity index is 260. The molecule has 1 aliphatic heterocycles. The minimum atomic E-state index is -0.427. The molecule has 1 N–H and O–H groups in total. The third-order valence-electron chi connectivity index (χ3n) is 3.19. The molecule has 0 aromatic carbocycles. The number of likely N-dealkylation sites (tertiary alicyclic amines) is 1. The fraction of sp³-hybridized carbons (Fsp3) is 0.929. The van der Waals surface area contributed by atoms with E-state index in [4.69, 9.17) is 9.84 Å². The van der Waals surface area contributed by atoms with Gasteiger partial charge in [0, 0.05) is 19.7 Å². The summed E-state index contributed by atoms with van der Waals surface area (Å²) in [6.07, 6.45) is 4.99. The van der Waals surface area contributed by atoms with Crippen molar-refractivity contribution >= 4 is 6.09 Å². The molecule has 0 aromatic rings. The molecule has 0 spiro atoms. The number of nitrogens with zero attached hydrogens (tertiary/aromatic N) is 1. The normalized spacial score (nSPS) is 21.6. The highest BCUT2D eigenvalue weighted by Crippen LogP contribution is 2.22. The molecule has 106 valence electrons. The molecule has 0 radical (unpaired) electrons. The highest BCUT2D eigenvalue weighted by atomic mass is 16.6. The molecule has 0 aromatic heterocycles. The van der Waals surface area contributed by atoms with Crippen LogP contribution < -0.4 is 0 Å². The molecule has 1 fully saturated rings. The van der Waals surface area contributed by atoms with E-state index in [2.05, 4.69) is 0 Å². The highest BCUT2D eigenvalue weighted by molar-refractivity contribution is 5.68. The maximum Gasteiger partial charge on any atom is 0.410 e. The van der Waals surface area contributed by atoms with Crippen LogP contribution >= 0.6 is 0 Å². The molecule has 1 aliphatic rings. The maximum absolute atomic E-state index is 12.0. The zero-order chi connectivity index (χ0) is 13.6. The van der Waals surface area contributed by atoms with Crippen molar-refractivity contribution < 1.29 is 14.6 Å². The molecule has 0 bridgehead atoms. The molecule has 1 saturated heterocycles. The van der Waals surface area contributed by atoms with Gasteiger partial charge in [0.05, 0.1) is 0 Å². The summed E-state index contributed by atoms with van der Waals surface area (Å²) in [5.74, 6) is 0.507. The van der Waals surface area contributed by atoms with Crippen LogP contribution in [0, 0.1) is 5.92 Å². The monoisotopic (exact) mass is 257 g/mol. The van der Waals surface area contributed by atoms with E-state index in [1.165, 1.54) is 0 Å². The van der Waals surface area contributed by atoms with Crippen molar-refractivity contribution in [2.75, 3.05) is 19.7 Å². The van der Waals surface area contributed by atoms with E-state index in [1.807, 2.05) is 25.7 Å². The van der Waals surface area contributed by atoms with Gasteiger partial charge in [-0.3, -0.25) is 0 Å². The van der Waals surface area contributed by atoms with E-state index in [9.17, 15) is 4.79 Å². The molecule has 1 amide bonds. The van der Waals surface area contributed by atoms with Gasteiger partial charge in [0.1, 0.15) is 5.60 Å². The Morgan fingerprint density at radius 1 is 1.39 bits per heavy atom. The van der Waals surface area contributed by atoms with Gasteiger partial charge < -0.3 is 14.7 Å². The van der Waals surface area contributed by atoms with E-state index in [1.54, 1.807) is 0 Å². The van der Waals surface area contributed by atoms with Gasteiger partial charge in [0.2, 0.25) is 0 Å². The minimum absolute atomic E-state index is 0.196. The highest BCUT2D eigenvalue weighted by Gasteiger charge is 2.25. The molecule has 1 rings (SSSR count). The lowest BCUT2D eigenvalue weighted by Crippen LogP contribution is -2.39. The minimum Gasteiger partial charge on any atom is -0.444 e. The average molecular weight is 257 g/mol. The lowest BCUT2D eigenvalue weighted by atomic mass is 9.98. The third kappa shape index (κ3) is 5.71. The number of aliphatic hydroxyl groups is 1. The number of ether oxygens (including phenoxy) is 1. The first-order valence-electron chi connectivity index (χ1n) is 7.01. The van der Waals surface area contributed by atoms with Crippen LogP contribution in [0.4, 0.5) is 4.79 Å². The van der Waals surface area contributed by atoms with E-state index in [-0.39, 0.29) is 12.7 Å². The summed E-state index contributed by atoms with van der Waals surface area (Å²) in [5.41, 5.74) is -0.427. The van der Waals surface area contributed by atoms with Crippen LogP contribution in [-0.4, -0.2) is 41.4 Å². The van der Waals surface area contributed by atoms with Crippen molar-refractivity contribution in [1.82, 2.24) is 4.90 Å². The fourth-order valence-corrected chi connectivity index (χ4v) is 2.34. The first-order valence-corrected chi connectivity index (χ1v) is 7.01. The molecule has 4 nitrogen and oxygen atoms in total. The summed E-state index contributed by atoms with van der Waals surface area (Å²) in [4.78, 5) is 13.9. The largest absolute Gasteiger partial charge is 0.444 e. The van der Waals surface area contributed by atoms with Gasteiger partial charge in [0.25, 0.3) is 0 Å². The summed E-state index contributed by atoms with van der Waals surface area (Å²) >= 11 is 0. The Balaban J connectivity index is 2.50. The van der Waals surface area contributed by atoms with E-state index in [0.29, 0.717) is 5.92 Å². The molecule has 0 saturated carbocycles. The quantitative estimate of drug-likeness (QED) is 0.845. The smallest absolute Gasteiger partial charge is 0.410 e. The standard InChI is InChI=1S/C14H27NO3/c1-14(2,3)18-13(17)15-9-5-4-7-12(11-15)8-6-10-16/h12,16H,4-11H2,1-3H3. The molecule has 1 atom stereocenters. The second-order valence-electron chi connectivity index (χ2n) is 6.15. The van der Waals surface area contributed by atoms with Crippen LogP contribution in [0.15, 0.2) is 0 Å². The summed E-state index contributed by atoms with van der Waals surface area (Å²) in [5, 5.41) is 8.89. The van der Waals surface area contributed by atoms with E-state index < -0.39 is 5.60 Å². The Labute approximate surface area is 110 Å². The number of aliphatic hydroxyl groups excluding tert-OH is 1. The van der Waals surface area contributed by atoms with Crippen LogP contribution in [0.25, 0.3) is 0 Å². The summed E-state index contributed by atoms with van der Waals surface area (Å²) in [6.45, 7) is 7.49.